The first-order valence-electron chi connectivity index (χ1n) is 10.4. The molecule has 0 radical (unpaired) electrons. The molecular formula is C24H29N3O4. The van der Waals surface area contributed by atoms with E-state index in [1.807, 2.05) is 38.9 Å². The van der Waals surface area contributed by atoms with Crippen LogP contribution in [0.4, 0.5) is 0 Å². The summed E-state index contributed by atoms with van der Waals surface area (Å²) in [6, 6.07) is 9.79. The van der Waals surface area contributed by atoms with E-state index in [2.05, 4.69) is 4.98 Å². The molecule has 7 nitrogen and oxygen atoms in total. The van der Waals surface area contributed by atoms with Crippen LogP contribution >= 0.6 is 0 Å². The van der Waals surface area contributed by atoms with E-state index in [-0.39, 0.29) is 17.4 Å². The summed E-state index contributed by atoms with van der Waals surface area (Å²) in [6.07, 6.45) is 3.93. The van der Waals surface area contributed by atoms with Gasteiger partial charge in [-0.05, 0) is 64.7 Å². The number of carbonyl (C=O) groups excluding carboxylic acids is 2. The summed E-state index contributed by atoms with van der Waals surface area (Å²) < 4.78 is 5.71. The van der Waals surface area contributed by atoms with E-state index < -0.39 is 17.7 Å². The Labute approximate surface area is 183 Å². The number of hydrogen-bond donors (Lipinski definition) is 1. The highest BCUT2D eigenvalue weighted by Crippen LogP contribution is 2.39. The minimum absolute atomic E-state index is 0.0323. The van der Waals surface area contributed by atoms with Gasteiger partial charge in [0.15, 0.2) is 0 Å². The molecule has 2 heterocycles. The fourth-order valence-corrected chi connectivity index (χ4v) is 3.70. The van der Waals surface area contributed by atoms with E-state index in [4.69, 9.17) is 4.74 Å². The molecule has 2 aromatic rings. The molecule has 1 aromatic heterocycles. The predicted octanol–water partition coefficient (Wildman–Crippen LogP) is 3.24. The van der Waals surface area contributed by atoms with Crippen molar-refractivity contribution < 1.29 is 19.4 Å². The van der Waals surface area contributed by atoms with E-state index in [9.17, 15) is 14.7 Å². The van der Waals surface area contributed by atoms with Crippen LogP contribution in [0.5, 0.6) is 5.75 Å². The number of rotatable bonds is 8. The van der Waals surface area contributed by atoms with Crippen LogP contribution < -0.4 is 4.74 Å². The van der Waals surface area contributed by atoms with Gasteiger partial charge in [-0.3, -0.25) is 14.6 Å². The highest BCUT2D eigenvalue weighted by molar-refractivity contribution is 6.46. The number of aliphatic hydroxyl groups is 1. The van der Waals surface area contributed by atoms with Crippen LogP contribution in [0, 0.1) is 0 Å². The number of amides is 1. The summed E-state index contributed by atoms with van der Waals surface area (Å²) in [5, 5.41) is 11.1. The molecular weight excluding hydrogens is 394 g/mol. The molecule has 0 saturated carbocycles. The van der Waals surface area contributed by atoms with Crippen LogP contribution in [-0.4, -0.2) is 64.9 Å². The van der Waals surface area contributed by atoms with Crippen molar-refractivity contribution in [3.8, 4) is 5.75 Å². The largest absolute Gasteiger partial charge is 0.507 e. The summed E-state index contributed by atoms with van der Waals surface area (Å²) in [5.41, 5.74) is 1.19. The molecule has 1 aromatic carbocycles. The van der Waals surface area contributed by atoms with Gasteiger partial charge in [0.25, 0.3) is 11.7 Å². The number of likely N-dealkylation sites (tertiary alicyclic amines) is 1. The number of Topliss-reactive ketones (excluding diaryl/α,β-unsaturated/α-hetero) is 1. The van der Waals surface area contributed by atoms with Crippen molar-refractivity contribution in [3.05, 3.63) is 65.5 Å². The number of ketones is 1. The van der Waals surface area contributed by atoms with Crippen LogP contribution in [0.25, 0.3) is 5.76 Å². The third-order valence-corrected chi connectivity index (χ3v) is 5.02. The Morgan fingerprint density at radius 2 is 2.00 bits per heavy atom. The molecule has 1 N–H and O–H groups in total. The maximum absolute atomic E-state index is 13.0. The van der Waals surface area contributed by atoms with E-state index in [0.717, 1.165) is 6.54 Å². The lowest BCUT2D eigenvalue weighted by Crippen LogP contribution is -2.32. The van der Waals surface area contributed by atoms with Gasteiger partial charge >= 0.3 is 0 Å². The molecule has 1 atom stereocenters. The van der Waals surface area contributed by atoms with E-state index in [1.165, 1.54) is 4.90 Å². The van der Waals surface area contributed by atoms with Crippen molar-refractivity contribution >= 4 is 17.4 Å². The average Bonchev–Trinajstić information content (AvgIpc) is 2.98. The summed E-state index contributed by atoms with van der Waals surface area (Å²) in [6.45, 7) is 5.00. The topological polar surface area (TPSA) is 83.0 Å². The molecule has 1 saturated heterocycles. The Kier molecular flexibility index (Phi) is 7.07. The molecule has 1 unspecified atom stereocenters. The van der Waals surface area contributed by atoms with Gasteiger partial charge < -0.3 is 19.6 Å². The molecule has 0 spiro atoms. The molecule has 0 aliphatic carbocycles. The number of benzene rings is 1. The smallest absolute Gasteiger partial charge is 0.295 e. The first-order chi connectivity index (χ1) is 14.8. The quantitative estimate of drug-likeness (QED) is 0.399. The maximum Gasteiger partial charge on any atom is 0.295 e. The lowest BCUT2D eigenvalue weighted by atomic mass is 9.96. The number of hydrogen-bond acceptors (Lipinski definition) is 6. The van der Waals surface area contributed by atoms with Crippen LogP contribution in [0.3, 0.4) is 0 Å². The van der Waals surface area contributed by atoms with Gasteiger partial charge in [-0.2, -0.15) is 0 Å². The second kappa shape index (κ2) is 9.75. The Hall–Kier alpha value is -3.19. The van der Waals surface area contributed by atoms with Gasteiger partial charge in [0.1, 0.15) is 11.5 Å². The molecule has 1 amide bonds. The van der Waals surface area contributed by atoms with Crippen LogP contribution in [0.15, 0.2) is 54.4 Å². The fraction of sp³-hybridized carbons (Fsp3) is 0.375. The predicted molar refractivity (Wildman–Crippen MR) is 119 cm³/mol. The van der Waals surface area contributed by atoms with Crippen molar-refractivity contribution in [3.63, 3.8) is 0 Å². The number of aromatic nitrogens is 1. The molecule has 1 fully saturated rings. The highest BCUT2D eigenvalue weighted by atomic mass is 16.5. The number of ether oxygens (including phenoxy) is 1. The summed E-state index contributed by atoms with van der Waals surface area (Å²) in [7, 11) is 3.91. The first kappa shape index (κ1) is 22.5. The van der Waals surface area contributed by atoms with E-state index in [0.29, 0.717) is 29.8 Å². The number of pyridine rings is 1. The molecule has 1 aliphatic heterocycles. The molecule has 164 valence electrons. The number of carbonyl (C=O) groups is 2. The summed E-state index contributed by atoms with van der Waals surface area (Å²) in [5.74, 6) is -0.927. The first-order valence-corrected chi connectivity index (χ1v) is 10.4. The molecule has 0 bridgehead atoms. The Morgan fingerprint density at radius 1 is 1.23 bits per heavy atom. The third kappa shape index (κ3) is 5.11. The van der Waals surface area contributed by atoms with Gasteiger partial charge in [-0.1, -0.05) is 18.2 Å². The standard InChI is InChI=1S/C24H29N3O4/c1-16(2)31-19-10-5-8-17(14-19)22(28)20-21(18-9-6-11-25-15-18)27(24(30)23(20)29)13-7-12-26(3)4/h5-6,8-11,14-16,21,28H,7,12-13H2,1-4H3/b22-20-. The maximum atomic E-state index is 13.0. The minimum atomic E-state index is -0.689. The van der Waals surface area contributed by atoms with Crippen LogP contribution in [-0.2, 0) is 9.59 Å². The average molecular weight is 424 g/mol. The van der Waals surface area contributed by atoms with Gasteiger partial charge in [0, 0.05) is 24.5 Å². The monoisotopic (exact) mass is 423 g/mol. The summed E-state index contributed by atoms with van der Waals surface area (Å²) in [4.78, 5) is 33.6. The molecule has 31 heavy (non-hydrogen) atoms. The zero-order valence-corrected chi connectivity index (χ0v) is 18.4. The molecule has 3 rings (SSSR count). The lowest BCUT2D eigenvalue weighted by Gasteiger charge is -2.25. The minimum Gasteiger partial charge on any atom is -0.507 e. The van der Waals surface area contributed by atoms with Gasteiger partial charge in [-0.15, -0.1) is 0 Å². The number of nitrogens with zero attached hydrogens (tertiary/aromatic N) is 3. The van der Waals surface area contributed by atoms with Crippen molar-refractivity contribution in [2.75, 3.05) is 27.2 Å². The van der Waals surface area contributed by atoms with E-state index >= 15 is 0 Å². The highest BCUT2D eigenvalue weighted by Gasteiger charge is 2.45. The van der Waals surface area contributed by atoms with Crippen LogP contribution in [0.2, 0.25) is 0 Å². The SMILES string of the molecule is CC(C)Oc1cccc(/C(O)=C2/C(=O)C(=O)N(CCCN(C)C)C2c2cccnc2)c1. The van der Waals surface area contributed by atoms with Crippen molar-refractivity contribution in [1.29, 1.82) is 0 Å². The molecule has 1 aliphatic rings. The molecule has 7 heteroatoms. The van der Waals surface area contributed by atoms with Gasteiger partial charge in [0.05, 0.1) is 17.7 Å². The van der Waals surface area contributed by atoms with Crippen molar-refractivity contribution in [1.82, 2.24) is 14.8 Å². The van der Waals surface area contributed by atoms with Gasteiger partial charge in [0.2, 0.25) is 0 Å². The normalized spacial score (nSPS) is 18.3. The van der Waals surface area contributed by atoms with E-state index in [1.54, 1.807) is 42.7 Å². The zero-order chi connectivity index (χ0) is 22.5. The second-order valence-corrected chi connectivity index (χ2v) is 8.13. The fourth-order valence-electron chi connectivity index (χ4n) is 3.70. The number of aliphatic hydroxyl groups excluding tert-OH is 1. The zero-order valence-electron chi connectivity index (χ0n) is 18.4. The van der Waals surface area contributed by atoms with Crippen LogP contribution in [0.1, 0.15) is 37.4 Å². The Bertz CT molecular complexity index is 970. The van der Waals surface area contributed by atoms with Gasteiger partial charge in [-0.25, -0.2) is 0 Å². The summed E-state index contributed by atoms with van der Waals surface area (Å²) >= 11 is 0. The Balaban J connectivity index is 2.05. The Morgan fingerprint density at radius 3 is 2.65 bits per heavy atom. The third-order valence-electron chi connectivity index (χ3n) is 5.02. The van der Waals surface area contributed by atoms with Crippen molar-refractivity contribution in [2.45, 2.75) is 32.4 Å². The second-order valence-electron chi connectivity index (χ2n) is 8.13. The van der Waals surface area contributed by atoms with Crippen molar-refractivity contribution in [2.24, 2.45) is 0 Å². The lowest BCUT2D eigenvalue weighted by molar-refractivity contribution is -0.139.